The van der Waals surface area contributed by atoms with E-state index in [4.69, 9.17) is 0 Å². The third-order valence-electron chi connectivity index (χ3n) is 4.18. The van der Waals surface area contributed by atoms with Gasteiger partial charge in [0.1, 0.15) is 0 Å². The first kappa shape index (κ1) is 17.3. The molecule has 0 unspecified atom stereocenters. The second kappa shape index (κ2) is 6.88. The number of rotatable bonds is 4. The molecule has 9 heteroatoms. The second-order valence-electron chi connectivity index (χ2n) is 6.07. The van der Waals surface area contributed by atoms with Gasteiger partial charge in [0.15, 0.2) is 11.5 Å². The summed E-state index contributed by atoms with van der Waals surface area (Å²) in [6.07, 6.45) is 0. The van der Waals surface area contributed by atoms with E-state index in [1.54, 1.807) is 16.6 Å². The molecule has 0 aliphatic heterocycles. The number of anilines is 1. The molecule has 0 bridgehead atoms. The smallest absolute Gasteiger partial charge is 0.270 e. The van der Waals surface area contributed by atoms with Gasteiger partial charge in [0.25, 0.3) is 11.6 Å². The number of aryl methyl sites for hydroxylation is 1. The average molecular weight is 374 g/mol. The molecule has 1 N–H and O–H groups in total. The normalized spacial score (nSPS) is 10.8. The molecule has 2 aromatic heterocycles. The summed E-state index contributed by atoms with van der Waals surface area (Å²) in [4.78, 5) is 22.7. The number of nitrogens with zero attached hydrogens (tertiary/aromatic N) is 5. The number of nitro benzene ring substituents is 1. The number of carbonyl (C=O) groups is 1. The number of nitrogens with one attached hydrogen (secondary N) is 1. The molecule has 0 spiro atoms. The molecule has 4 rings (SSSR count). The topological polar surface area (TPSA) is 115 Å². The number of nitro groups is 1. The Labute approximate surface area is 158 Å². The lowest BCUT2D eigenvalue weighted by molar-refractivity contribution is -0.384. The van der Waals surface area contributed by atoms with Gasteiger partial charge < -0.3 is 5.32 Å². The van der Waals surface area contributed by atoms with E-state index >= 15 is 0 Å². The van der Waals surface area contributed by atoms with Crippen molar-refractivity contribution >= 4 is 22.9 Å². The van der Waals surface area contributed by atoms with Crippen LogP contribution in [0.5, 0.6) is 0 Å². The highest BCUT2D eigenvalue weighted by atomic mass is 16.6. The molecule has 1 amide bonds. The fourth-order valence-electron chi connectivity index (χ4n) is 2.74. The number of fused-ring (bicyclic) bond motifs is 1. The SMILES string of the molecule is Cc1nnc2ccc(-c3ccc(NC(=O)c4cccc([N+](=O)[O-])c4)cc3)nn12. The Hall–Kier alpha value is -4.14. The quantitative estimate of drug-likeness (QED) is 0.433. The summed E-state index contributed by atoms with van der Waals surface area (Å²) in [7, 11) is 0. The fraction of sp³-hybridized carbons (Fsp3) is 0.0526. The van der Waals surface area contributed by atoms with Gasteiger partial charge in [-0.2, -0.15) is 9.61 Å². The average Bonchev–Trinajstić information content (AvgIpc) is 3.09. The molecule has 28 heavy (non-hydrogen) atoms. The molecule has 0 saturated heterocycles. The van der Waals surface area contributed by atoms with Crippen molar-refractivity contribution in [3.8, 4) is 11.3 Å². The van der Waals surface area contributed by atoms with Crippen molar-refractivity contribution in [1.29, 1.82) is 0 Å². The van der Waals surface area contributed by atoms with E-state index in [1.165, 1.54) is 24.3 Å². The number of aromatic nitrogens is 4. The van der Waals surface area contributed by atoms with E-state index in [0.717, 1.165) is 11.3 Å². The van der Waals surface area contributed by atoms with Gasteiger partial charge in [-0.25, -0.2) is 0 Å². The molecule has 0 saturated carbocycles. The van der Waals surface area contributed by atoms with E-state index in [2.05, 4.69) is 20.6 Å². The maximum atomic E-state index is 12.3. The van der Waals surface area contributed by atoms with Crippen LogP contribution in [-0.4, -0.2) is 30.6 Å². The Kier molecular flexibility index (Phi) is 4.24. The number of benzene rings is 2. The lowest BCUT2D eigenvalue weighted by atomic mass is 10.1. The monoisotopic (exact) mass is 374 g/mol. The summed E-state index contributed by atoms with van der Waals surface area (Å²) in [5.41, 5.74) is 2.93. The lowest BCUT2D eigenvalue weighted by Gasteiger charge is -2.07. The third kappa shape index (κ3) is 3.28. The van der Waals surface area contributed by atoms with Crippen molar-refractivity contribution in [2.75, 3.05) is 5.32 Å². The Bertz CT molecular complexity index is 1200. The van der Waals surface area contributed by atoms with E-state index in [0.29, 0.717) is 17.2 Å². The van der Waals surface area contributed by atoms with Crippen LogP contribution in [0.2, 0.25) is 0 Å². The summed E-state index contributed by atoms with van der Waals surface area (Å²) in [6.45, 7) is 1.82. The molecule has 0 aliphatic carbocycles. The van der Waals surface area contributed by atoms with Gasteiger partial charge in [-0.3, -0.25) is 14.9 Å². The fourth-order valence-corrected chi connectivity index (χ4v) is 2.74. The summed E-state index contributed by atoms with van der Waals surface area (Å²) in [5.74, 6) is 0.272. The van der Waals surface area contributed by atoms with Crippen LogP contribution in [0, 0.1) is 17.0 Å². The van der Waals surface area contributed by atoms with E-state index in [1.807, 2.05) is 31.2 Å². The molecule has 0 radical (unpaired) electrons. The summed E-state index contributed by atoms with van der Waals surface area (Å²) >= 11 is 0. The predicted octanol–water partition coefficient (Wildman–Crippen LogP) is 3.26. The maximum absolute atomic E-state index is 12.3. The van der Waals surface area contributed by atoms with Crippen LogP contribution in [0.15, 0.2) is 60.7 Å². The molecule has 138 valence electrons. The Morgan fingerprint density at radius 2 is 1.86 bits per heavy atom. The molecule has 2 aromatic carbocycles. The van der Waals surface area contributed by atoms with Gasteiger partial charge in [0.2, 0.25) is 0 Å². The predicted molar refractivity (Wildman–Crippen MR) is 102 cm³/mol. The standard InChI is InChI=1S/C19H14N6O3/c1-12-21-22-18-10-9-17(23-24(12)18)13-5-7-15(8-6-13)20-19(26)14-3-2-4-16(11-14)25(27)28/h2-11H,1H3,(H,20,26). The molecule has 0 atom stereocenters. The zero-order valence-corrected chi connectivity index (χ0v) is 14.7. The molecule has 9 nitrogen and oxygen atoms in total. The maximum Gasteiger partial charge on any atom is 0.270 e. The van der Waals surface area contributed by atoms with Gasteiger partial charge in [0, 0.05) is 28.9 Å². The first-order valence-corrected chi connectivity index (χ1v) is 8.36. The number of amides is 1. The molecule has 2 heterocycles. The summed E-state index contributed by atoms with van der Waals surface area (Å²) in [5, 5.41) is 26.1. The Morgan fingerprint density at radius 3 is 2.61 bits per heavy atom. The number of carbonyl (C=O) groups excluding carboxylic acids is 1. The minimum atomic E-state index is -0.535. The van der Waals surface area contributed by atoms with E-state index in [-0.39, 0.29) is 11.3 Å². The van der Waals surface area contributed by atoms with Crippen LogP contribution in [-0.2, 0) is 0 Å². The van der Waals surface area contributed by atoms with E-state index < -0.39 is 10.8 Å². The largest absolute Gasteiger partial charge is 0.322 e. The molecular formula is C19H14N6O3. The van der Waals surface area contributed by atoms with Crippen molar-refractivity contribution in [1.82, 2.24) is 19.8 Å². The minimum absolute atomic E-state index is 0.131. The third-order valence-corrected chi connectivity index (χ3v) is 4.18. The van der Waals surface area contributed by atoms with Crippen LogP contribution in [0.25, 0.3) is 16.9 Å². The van der Waals surface area contributed by atoms with Crippen LogP contribution in [0.4, 0.5) is 11.4 Å². The lowest BCUT2D eigenvalue weighted by Crippen LogP contribution is -2.12. The van der Waals surface area contributed by atoms with Crippen molar-refractivity contribution in [3.05, 3.63) is 82.2 Å². The van der Waals surface area contributed by atoms with Crippen LogP contribution >= 0.6 is 0 Å². The molecule has 0 aliphatic rings. The van der Waals surface area contributed by atoms with E-state index in [9.17, 15) is 14.9 Å². The highest BCUT2D eigenvalue weighted by Gasteiger charge is 2.12. The van der Waals surface area contributed by atoms with Crippen LogP contribution in [0.1, 0.15) is 16.2 Å². The second-order valence-corrected chi connectivity index (χ2v) is 6.07. The number of non-ortho nitro benzene ring substituents is 1. The van der Waals surface area contributed by atoms with Gasteiger partial charge in [-0.15, -0.1) is 10.2 Å². The zero-order chi connectivity index (χ0) is 19.7. The first-order valence-electron chi connectivity index (χ1n) is 8.36. The van der Waals surface area contributed by atoms with Crippen molar-refractivity contribution in [2.24, 2.45) is 0 Å². The molecule has 0 fully saturated rings. The minimum Gasteiger partial charge on any atom is -0.322 e. The Balaban J connectivity index is 1.54. The van der Waals surface area contributed by atoms with Gasteiger partial charge in [-0.1, -0.05) is 18.2 Å². The van der Waals surface area contributed by atoms with Gasteiger partial charge in [-0.05, 0) is 37.3 Å². The summed E-state index contributed by atoms with van der Waals surface area (Å²) < 4.78 is 1.66. The number of hydrogen-bond donors (Lipinski definition) is 1. The van der Waals surface area contributed by atoms with Crippen molar-refractivity contribution in [3.63, 3.8) is 0 Å². The summed E-state index contributed by atoms with van der Waals surface area (Å²) in [6, 6.07) is 16.4. The van der Waals surface area contributed by atoms with Crippen molar-refractivity contribution in [2.45, 2.75) is 6.92 Å². The van der Waals surface area contributed by atoms with Crippen molar-refractivity contribution < 1.29 is 9.72 Å². The number of hydrogen-bond acceptors (Lipinski definition) is 6. The highest BCUT2D eigenvalue weighted by Crippen LogP contribution is 2.21. The van der Waals surface area contributed by atoms with Crippen LogP contribution in [0.3, 0.4) is 0 Å². The van der Waals surface area contributed by atoms with Gasteiger partial charge >= 0.3 is 0 Å². The van der Waals surface area contributed by atoms with Crippen LogP contribution < -0.4 is 5.32 Å². The molecular weight excluding hydrogens is 360 g/mol. The zero-order valence-electron chi connectivity index (χ0n) is 14.7. The molecule has 4 aromatic rings. The van der Waals surface area contributed by atoms with Gasteiger partial charge in [0.05, 0.1) is 10.6 Å². The first-order chi connectivity index (χ1) is 13.5. The highest BCUT2D eigenvalue weighted by molar-refractivity contribution is 6.04. The Morgan fingerprint density at radius 1 is 1.07 bits per heavy atom.